The SMILES string of the molecule is Cc1c(Cl)nc2ncnn2c1NCC1(C)CCCS1. The Labute approximate surface area is 121 Å². The van der Waals surface area contributed by atoms with E-state index in [1.807, 2.05) is 18.7 Å². The van der Waals surface area contributed by atoms with E-state index in [4.69, 9.17) is 11.6 Å². The molecule has 1 unspecified atom stereocenters. The summed E-state index contributed by atoms with van der Waals surface area (Å²) in [6.07, 6.45) is 4.02. The molecule has 1 N–H and O–H groups in total. The van der Waals surface area contributed by atoms with Crippen molar-refractivity contribution >= 4 is 35.0 Å². The van der Waals surface area contributed by atoms with Gasteiger partial charge >= 0.3 is 0 Å². The third-order valence-corrected chi connectivity index (χ3v) is 5.44. The minimum Gasteiger partial charge on any atom is -0.368 e. The lowest BCUT2D eigenvalue weighted by Gasteiger charge is -2.24. The average Bonchev–Trinajstić information content (AvgIpc) is 2.99. The maximum atomic E-state index is 6.14. The van der Waals surface area contributed by atoms with E-state index in [0.717, 1.165) is 17.9 Å². The molecule has 0 radical (unpaired) electrons. The summed E-state index contributed by atoms with van der Waals surface area (Å²) in [5, 5.41) is 8.16. The Morgan fingerprint density at radius 1 is 1.58 bits per heavy atom. The van der Waals surface area contributed by atoms with E-state index in [-0.39, 0.29) is 4.75 Å². The van der Waals surface area contributed by atoms with Crippen LogP contribution in [0.15, 0.2) is 6.33 Å². The smallest absolute Gasteiger partial charge is 0.255 e. The Kier molecular flexibility index (Phi) is 3.30. The molecular weight excluding hydrogens is 282 g/mol. The molecule has 0 saturated carbocycles. The third-order valence-electron chi connectivity index (χ3n) is 3.53. The highest BCUT2D eigenvalue weighted by molar-refractivity contribution is 8.00. The molecule has 3 heterocycles. The standard InChI is InChI=1S/C12H16ClN5S/c1-8-9(13)17-11-15-7-16-18(11)10(8)14-6-12(2)4-3-5-19-12/h7,14H,3-6H2,1-2H3. The summed E-state index contributed by atoms with van der Waals surface area (Å²) >= 11 is 8.17. The summed E-state index contributed by atoms with van der Waals surface area (Å²) in [5.41, 5.74) is 0.909. The Hall–Kier alpha value is -1.01. The number of halogens is 1. The number of hydrogen-bond acceptors (Lipinski definition) is 5. The molecule has 1 aliphatic heterocycles. The summed E-state index contributed by atoms with van der Waals surface area (Å²) < 4.78 is 2.00. The normalized spacial score (nSPS) is 23.1. The second kappa shape index (κ2) is 4.83. The fourth-order valence-corrected chi connectivity index (χ4v) is 3.76. The highest BCUT2D eigenvalue weighted by atomic mass is 35.5. The first-order chi connectivity index (χ1) is 9.09. The van der Waals surface area contributed by atoms with E-state index in [1.165, 1.54) is 24.9 Å². The van der Waals surface area contributed by atoms with Crippen LogP contribution in [0.1, 0.15) is 25.3 Å². The topological polar surface area (TPSA) is 55.1 Å². The van der Waals surface area contributed by atoms with Crippen LogP contribution in [0.2, 0.25) is 5.15 Å². The van der Waals surface area contributed by atoms with Crippen LogP contribution in [0, 0.1) is 6.92 Å². The Balaban J connectivity index is 1.91. The van der Waals surface area contributed by atoms with Crippen LogP contribution in [-0.2, 0) is 0 Å². The number of aromatic nitrogens is 4. The van der Waals surface area contributed by atoms with Crippen molar-refractivity contribution in [3.8, 4) is 0 Å². The second-order valence-electron chi connectivity index (χ2n) is 5.10. The molecule has 0 amide bonds. The number of hydrogen-bond donors (Lipinski definition) is 1. The largest absolute Gasteiger partial charge is 0.368 e. The van der Waals surface area contributed by atoms with Crippen LogP contribution in [0.3, 0.4) is 0 Å². The molecule has 1 aliphatic rings. The first kappa shape index (κ1) is 13.0. The van der Waals surface area contributed by atoms with E-state index in [9.17, 15) is 0 Å². The Bertz CT molecular complexity index is 605. The molecule has 3 rings (SSSR count). The quantitative estimate of drug-likeness (QED) is 0.883. The molecule has 0 aromatic carbocycles. The predicted octanol–water partition coefficient (Wildman–Crippen LogP) is 2.78. The van der Waals surface area contributed by atoms with E-state index in [2.05, 4.69) is 27.3 Å². The molecule has 0 spiro atoms. The van der Waals surface area contributed by atoms with Crippen LogP contribution in [0.5, 0.6) is 0 Å². The van der Waals surface area contributed by atoms with Gasteiger partial charge in [-0.3, -0.25) is 0 Å². The average molecular weight is 298 g/mol. The Morgan fingerprint density at radius 3 is 3.16 bits per heavy atom. The van der Waals surface area contributed by atoms with Crippen molar-refractivity contribution in [2.75, 3.05) is 17.6 Å². The second-order valence-corrected chi connectivity index (χ2v) is 7.14. The lowest BCUT2D eigenvalue weighted by molar-refractivity contribution is 0.632. The van der Waals surface area contributed by atoms with Gasteiger partial charge in [-0.2, -0.15) is 31.3 Å². The zero-order valence-corrected chi connectivity index (χ0v) is 12.6. The number of nitrogens with zero attached hydrogens (tertiary/aromatic N) is 4. The number of rotatable bonds is 3. The van der Waals surface area contributed by atoms with E-state index >= 15 is 0 Å². The van der Waals surface area contributed by atoms with Crippen molar-refractivity contribution in [1.29, 1.82) is 0 Å². The fraction of sp³-hybridized carbons (Fsp3) is 0.583. The molecule has 5 nitrogen and oxygen atoms in total. The molecular formula is C12H16ClN5S. The molecule has 2 aromatic heterocycles. The zero-order chi connectivity index (χ0) is 13.5. The minimum atomic E-state index is 0.287. The van der Waals surface area contributed by atoms with Crippen molar-refractivity contribution in [3.05, 3.63) is 17.0 Å². The van der Waals surface area contributed by atoms with Gasteiger partial charge in [0.15, 0.2) is 0 Å². The van der Waals surface area contributed by atoms with Crippen LogP contribution >= 0.6 is 23.4 Å². The lowest BCUT2D eigenvalue weighted by atomic mass is 10.1. The summed E-state index contributed by atoms with van der Waals surface area (Å²) in [5.74, 6) is 2.66. The number of thioether (sulfide) groups is 1. The van der Waals surface area contributed by atoms with Crippen molar-refractivity contribution in [2.45, 2.75) is 31.4 Å². The number of anilines is 1. The molecule has 1 saturated heterocycles. The third kappa shape index (κ3) is 2.39. The number of nitrogens with one attached hydrogen (secondary N) is 1. The van der Waals surface area contributed by atoms with E-state index in [1.54, 1.807) is 4.52 Å². The highest BCUT2D eigenvalue weighted by Crippen LogP contribution is 2.38. The van der Waals surface area contributed by atoms with Gasteiger partial charge in [-0.15, -0.1) is 0 Å². The van der Waals surface area contributed by atoms with Gasteiger partial charge in [-0.05, 0) is 32.4 Å². The summed E-state index contributed by atoms with van der Waals surface area (Å²) in [6.45, 7) is 5.14. The molecule has 7 heteroatoms. The maximum absolute atomic E-state index is 6.14. The lowest BCUT2D eigenvalue weighted by Crippen LogP contribution is -2.28. The molecule has 0 bridgehead atoms. The zero-order valence-electron chi connectivity index (χ0n) is 11.0. The van der Waals surface area contributed by atoms with Crippen molar-refractivity contribution in [2.24, 2.45) is 0 Å². The molecule has 0 aliphatic carbocycles. The van der Waals surface area contributed by atoms with Gasteiger partial charge in [0.25, 0.3) is 5.78 Å². The van der Waals surface area contributed by atoms with Gasteiger partial charge in [-0.25, -0.2) is 0 Å². The van der Waals surface area contributed by atoms with Gasteiger partial charge in [0.05, 0.1) is 0 Å². The van der Waals surface area contributed by atoms with Gasteiger partial charge in [0.2, 0.25) is 0 Å². The summed E-state index contributed by atoms with van der Waals surface area (Å²) in [4.78, 5) is 8.29. The highest BCUT2D eigenvalue weighted by Gasteiger charge is 2.29. The van der Waals surface area contributed by atoms with Gasteiger partial charge < -0.3 is 5.32 Å². The van der Waals surface area contributed by atoms with Crippen LogP contribution in [-0.4, -0.2) is 36.6 Å². The maximum Gasteiger partial charge on any atom is 0.255 e. The van der Waals surface area contributed by atoms with Crippen LogP contribution < -0.4 is 5.32 Å². The minimum absolute atomic E-state index is 0.287. The first-order valence-electron chi connectivity index (χ1n) is 6.33. The van der Waals surface area contributed by atoms with Crippen molar-refractivity contribution < 1.29 is 0 Å². The van der Waals surface area contributed by atoms with Crippen molar-refractivity contribution in [1.82, 2.24) is 19.6 Å². The number of fused-ring (bicyclic) bond motifs is 1. The summed E-state index contributed by atoms with van der Waals surface area (Å²) in [6, 6.07) is 0. The van der Waals surface area contributed by atoms with Gasteiger partial charge in [0, 0.05) is 16.9 Å². The molecule has 102 valence electrons. The van der Waals surface area contributed by atoms with Crippen LogP contribution in [0.25, 0.3) is 5.78 Å². The first-order valence-corrected chi connectivity index (χ1v) is 7.69. The molecule has 1 atom stereocenters. The molecule has 2 aromatic rings. The van der Waals surface area contributed by atoms with Gasteiger partial charge in [-0.1, -0.05) is 11.6 Å². The molecule has 19 heavy (non-hydrogen) atoms. The van der Waals surface area contributed by atoms with E-state index in [0.29, 0.717) is 10.9 Å². The monoisotopic (exact) mass is 297 g/mol. The van der Waals surface area contributed by atoms with Crippen molar-refractivity contribution in [3.63, 3.8) is 0 Å². The van der Waals surface area contributed by atoms with E-state index < -0.39 is 0 Å². The van der Waals surface area contributed by atoms with Gasteiger partial charge in [0.1, 0.15) is 17.3 Å². The fourth-order valence-electron chi connectivity index (χ4n) is 2.35. The molecule has 1 fully saturated rings. The predicted molar refractivity (Wildman–Crippen MR) is 79.1 cm³/mol. The Morgan fingerprint density at radius 2 is 2.42 bits per heavy atom. The summed E-state index contributed by atoms with van der Waals surface area (Å²) in [7, 11) is 0. The van der Waals surface area contributed by atoms with Crippen LogP contribution in [0.4, 0.5) is 5.82 Å².